The van der Waals surface area contributed by atoms with Crippen molar-refractivity contribution in [3.63, 3.8) is 0 Å². The quantitative estimate of drug-likeness (QED) is 0.868. The lowest BCUT2D eigenvalue weighted by Gasteiger charge is -2.34. The van der Waals surface area contributed by atoms with Crippen molar-refractivity contribution in [2.24, 2.45) is 0 Å². The molecule has 1 saturated heterocycles. The SMILES string of the molecule is CNc1nc(CN(C)CCN2CCCCC2C)cs1. The number of hydrogen-bond acceptors (Lipinski definition) is 5. The Bertz CT molecular complexity index is 379. The number of hydrogen-bond donors (Lipinski definition) is 1. The van der Waals surface area contributed by atoms with Crippen molar-refractivity contribution in [1.82, 2.24) is 14.8 Å². The molecule has 0 radical (unpaired) electrons. The van der Waals surface area contributed by atoms with Crippen LogP contribution in [0.1, 0.15) is 31.9 Å². The molecule has 108 valence electrons. The Morgan fingerprint density at radius 3 is 3.05 bits per heavy atom. The zero-order chi connectivity index (χ0) is 13.7. The molecular formula is C14H26N4S. The summed E-state index contributed by atoms with van der Waals surface area (Å²) >= 11 is 1.68. The van der Waals surface area contributed by atoms with Gasteiger partial charge in [-0.15, -0.1) is 11.3 Å². The zero-order valence-electron chi connectivity index (χ0n) is 12.4. The zero-order valence-corrected chi connectivity index (χ0v) is 13.2. The summed E-state index contributed by atoms with van der Waals surface area (Å²) in [6, 6.07) is 0.761. The van der Waals surface area contributed by atoms with E-state index in [-0.39, 0.29) is 0 Å². The number of aromatic nitrogens is 1. The molecule has 0 aliphatic carbocycles. The van der Waals surface area contributed by atoms with Crippen molar-refractivity contribution < 1.29 is 0 Å². The number of rotatable bonds is 6. The van der Waals surface area contributed by atoms with Crippen LogP contribution in [0.2, 0.25) is 0 Å². The molecule has 1 aromatic rings. The molecule has 0 saturated carbocycles. The van der Waals surface area contributed by atoms with Crippen LogP contribution >= 0.6 is 11.3 Å². The van der Waals surface area contributed by atoms with Gasteiger partial charge in [-0.1, -0.05) is 6.42 Å². The van der Waals surface area contributed by atoms with Crippen LogP contribution in [-0.2, 0) is 6.54 Å². The van der Waals surface area contributed by atoms with E-state index in [0.717, 1.165) is 24.3 Å². The molecule has 0 aromatic carbocycles. The molecule has 1 N–H and O–H groups in total. The number of anilines is 1. The molecule has 5 heteroatoms. The van der Waals surface area contributed by atoms with E-state index in [1.165, 1.54) is 38.0 Å². The molecule has 19 heavy (non-hydrogen) atoms. The van der Waals surface area contributed by atoms with E-state index in [4.69, 9.17) is 0 Å². The van der Waals surface area contributed by atoms with E-state index in [1.807, 2.05) is 7.05 Å². The number of likely N-dealkylation sites (N-methyl/N-ethyl adjacent to an activating group) is 1. The molecule has 1 unspecified atom stereocenters. The van der Waals surface area contributed by atoms with E-state index < -0.39 is 0 Å². The van der Waals surface area contributed by atoms with Gasteiger partial charge in [-0.3, -0.25) is 9.80 Å². The molecule has 1 aliphatic heterocycles. The maximum Gasteiger partial charge on any atom is 0.182 e. The molecular weight excluding hydrogens is 256 g/mol. The standard InChI is InChI=1S/C14H26N4S/c1-12-6-4-5-7-18(12)9-8-17(3)10-13-11-19-14(15-2)16-13/h11-12H,4-10H2,1-3H3,(H,15,16). The summed E-state index contributed by atoms with van der Waals surface area (Å²) in [5, 5.41) is 6.24. The van der Waals surface area contributed by atoms with Gasteiger partial charge in [0.15, 0.2) is 5.13 Å². The highest BCUT2D eigenvalue weighted by Gasteiger charge is 2.18. The van der Waals surface area contributed by atoms with Gasteiger partial charge in [0.25, 0.3) is 0 Å². The van der Waals surface area contributed by atoms with Crippen LogP contribution in [0.3, 0.4) is 0 Å². The molecule has 1 fully saturated rings. The van der Waals surface area contributed by atoms with Crippen molar-refractivity contribution in [2.45, 2.75) is 38.8 Å². The monoisotopic (exact) mass is 282 g/mol. The first-order chi connectivity index (χ1) is 9.19. The predicted octanol–water partition coefficient (Wildman–Crippen LogP) is 2.49. The Kier molecular flexibility index (Phi) is 5.60. The van der Waals surface area contributed by atoms with Crippen molar-refractivity contribution >= 4 is 16.5 Å². The Morgan fingerprint density at radius 2 is 2.37 bits per heavy atom. The Balaban J connectivity index is 1.73. The lowest BCUT2D eigenvalue weighted by atomic mass is 10.0. The highest BCUT2D eigenvalue weighted by atomic mass is 32.1. The summed E-state index contributed by atoms with van der Waals surface area (Å²) in [6.07, 6.45) is 4.13. The van der Waals surface area contributed by atoms with Gasteiger partial charge in [0, 0.05) is 38.1 Å². The van der Waals surface area contributed by atoms with Gasteiger partial charge >= 0.3 is 0 Å². The highest BCUT2D eigenvalue weighted by Crippen LogP contribution is 2.17. The molecule has 0 spiro atoms. The fourth-order valence-corrected chi connectivity index (χ4v) is 3.30. The van der Waals surface area contributed by atoms with Crippen LogP contribution in [0, 0.1) is 0 Å². The van der Waals surface area contributed by atoms with E-state index in [9.17, 15) is 0 Å². The Morgan fingerprint density at radius 1 is 1.53 bits per heavy atom. The summed E-state index contributed by atoms with van der Waals surface area (Å²) < 4.78 is 0. The first-order valence-electron chi connectivity index (χ1n) is 7.24. The van der Waals surface area contributed by atoms with Crippen molar-refractivity contribution in [3.8, 4) is 0 Å². The minimum Gasteiger partial charge on any atom is -0.365 e. The van der Waals surface area contributed by atoms with E-state index in [0.29, 0.717) is 0 Å². The normalized spacial score (nSPS) is 20.9. The number of piperidine rings is 1. The molecule has 1 atom stereocenters. The van der Waals surface area contributed by atoms with Crippen LogP contribution in [0.25, 0.3) is 0 Å². The number of likely N-dealkylation sites (tertiary alicyclic amines) is 1. The molecule has 0 amide bonds. The van der Waals surface area contributed by atoms with Gasteiger partial charge < -0.3 is 5.32 Å². The predicted molar refractivity (Wildman–Crippen MR) is 82.9 cm³/mol. The molecule has 4 nitrogen and oxygen atoms in total. The van der Waals surface area contributed by atoms with Gasteiger partial charge in [0.05, 0.1) is 5.69 Å². The van der Waals surface area contributed by atoms with Crippen LogP contribution in [-0.4, -0.2) is 54.6 Å². The maximum absolute atomic E-state index is 4.53. The van der Waals surface area contributed by atoms with E-state index >= 15 is 0 Å². The second-order valence-electron chi connectivity index (χ2n) is 5.51. The van der Waals surface area contributed by atoms with Gasteiger partial charge in [0.2, 0.25) is 0 Å². The highest BCUT2D eigenvalue weighted by molar-refractivity contribution is 7.13. The Hall–Kier alpha value is -0.650. The fourth-order valence-electron chi connectivity index (χ4n) is 2.64. The van der Waals surface area contributed by atoms with Gasteiger partial charge in [-0.25, -0.2) is 4.98 Å². The number of nitrogens with one attached hydrogen (secondary N) is 1. The minimum absolute atomic E-state index is 0.761. The van der Waals surface area contributed by atoms with Crippen molar-refractivity contribution in [2.75, 3.05) is 39.0 Å². The Labute approximate surface area is 120 Å². The van der Waals surface area contributed by atoms with Crippen LogP contribution < -0.4 is 5.32 Å². The van der Waals surface area contributed by atoms with Gasteiger partial charge in [-0.2, -0.15) is 0 Å². The molecule has 2 rings (SSSR count). The van der Waals surface area contributed by atoms with E-state index in [1.54, 1.807) is 11.3 Å². The molecule has 1 aromatic heterocycles. The second kappa shape index (κ2) is 7.22. The maximum atomic E-state index is 4.53. The van der Waals surface area contributed by atoms with Crippen molar-refractivity contribution in [1.29, 1.82) is 0 Å². The summed E-state index contributed by atoms with van der Waals surface area (Å²) in [7, 11) is 4.11. The smallest absolute Gasteiger partial charge is 0.182 e. The third kappa shape index (κ3) is 4.44. The fraction of sp³-hybridized carbons (Fsp3) is 0.786. The third-order valence-electron chi connectivity index (χ3n) is 3.91. The average Bonchev–Trinajstić information content (AvgIpc) is 2.85. The second-order valence-corrected chi connectivity index (χ2v) is 6.37. The van der Waals surface area contributed by atoms with Crippen molar-refractivity contribution in [3.05, 3.63) is 11.1 Å². The molecule has 1 aliphatic rings. The minimum atomic E-state index is 0.761. The molecule has 0 bridgehead atoms. The van der Waals surface area contributed by atoms with Crippen LogP contribution in [0.5, 0.6) is 0 Å². The lowest BCUT2D eigenvalue weighted by Crippen LogP contribution is -2.41. The first kappa shape index (κ1) is 14.8. The molecule has 2 heterocycles. The topological polar surface area (TPSA) is 31.4 Å². The average molecular weight is 282 g/mol. The number of thiazole rings is 1. The summed E-state index contributed by atoms with van der Waals surface area (Å²) in [5.41, 5.74) is 1.17. The van der Waals surface area contributed by atoms with Gasteiger partial charge in [0.1, 0.15) is 0 Å². The summed E-state index contributed by atoms with van der Waals surface area (Å²) in [5.74, 6) is 0. The first-order valence-corrected chi connectivity index (χ1v) is 8.11. The lowest BCUT2D eigenvalue weighted by molar-refractivity contribution is 0.140. The number of nitrogens with zero attached hydrogens (tertiary/aromatic N) is 3. The van der Waals surface area contributed by atoms with Crippen LogP contribution in [0.4, 0.5) is 5.13 Å². The summed E-state index contributed by atoms with van der Waals surface area (Å²) in [6.45, 7) is 6.88. The van der Waals surface area contributed by atoms with E-state index in [2.05, 4.69) is 39.5 Å². The van der Waals surface area contributed by atoms with Crippen LogP contribution in [0.15, 0.2) is 5.38 Å². The van der Waals surface area contributed by atoms with Gasteiger partial charge in [-0.05, 0) is 33.4 Å². The third-order valence-corrected chi connectivity index (χ3v) is 4.82. The summed E-state index contributed by atoms with van der Waals surface area (Å²) in [4.78, 5) is 9.53. The largest absolute Gasteiger partial charge is 0.365 e.